The number of nitrogens with zero attached hydrogens (tertiary/aromatic N) is 2. The standard InChI is InChI=1S/C28H22N2O5/c1-17-13-18(9-11-23(17)33-2)26-20(16-30(29-26)21-7-5-4-6-8-21)15-25-27(31)22-14-19(28(32)34-3)10-12-24(22)35-25/h4-16H,1-3H3/b25-15-. The van der Waals surface area contributed by atoms with Crippen molar-refractivity contribution in [3.05, 3.63) is 101 Å². The average Bonchev–Trinajstić information content (AvgIpc) is 3.45. The van der Waals surface area contributed by atoms with Gasteiger partial charge in [-0.2, -0.15) is 5.10 Å². The summed E-state index contributed by atoms with van der Waals surface area (Å²) in [5.41, 5.74) is 4.73. The molecule has 4 aromatic rings. The van der Waals surface area contributed by atoms with E-state index < -0.39 is 5.97 Å². The van der Waals surface area contributed by atoms with E-state index >= 15 is 0 Å². The van der Waals surface area contributed by atoms with Gasteiger partial charge in [0.25, 0.3) is 0 Å². The minimum absolute atomic E-state index is 0.154. The molecule has 2 heterocycles. The van der Waals surface area contributed by atoms with E-state index in [4.69, 9.17) is 19.3 Å². The smallest absolute Gasteiger partial charge is 0.337 e. The van der Waals surface area contributed by atoms with Crippen molar-refractivity contribution < 1.29 is 23.8 Å². The van der Waals surface area contributed by atoms with Gasteiger partial charge in [-0.3, -0.25) is 4.79 Å². The Labute approximate surface area is 202 Å². The van der Waals surface area contributed by atoms with Gasteiger partial charge < -0.3 is 14.2 Å². The highest BCUT2D eigenvalue weighted by Crippen LogP contribution is 2.35. The summed E-state index contributed by atoms with van der Waals surface area (Å²) in [6.45, 7) is 1.97. The van der Waals surface area contributed by atoms with Crippen molar-refractivity contribution in [1.82, 2.24) is 9.78 Å². The number of carbonyl (C=O) groups excluding carboxylic acids is 2. The molecule has 0 amide bonds. The quantitative estimate of drug-likeness (QED) is 0.295. The summed E-state index contributed by atoms with van der Waals surface area (Å²) >= 11 is 0. The molecule has 1 aromatic heterocycles. The van der Waals surface area contributed by atoms with E-state index in [1.54, 1.807) is 30.0 Å². The molecule has 3 aromatic carbocycles. The van der Waals surface area contributed by atoms with Crippen LogP contribution in [0.5, 0.6) is 11.5 Å². The van der Waals surface area contributed by atoms with Crippen molar-refractivity contribution in [3.8, 4) is 28.4 Å². The number of allylic oxidation sites excluding steroid dienone is 1. The molecule has 174 valence electrons. The van der Waals surface area contributed by atoms with E-state index in [0.717, 1.165) is 22.6 Å². The lowest BCUT2D eigenvalue weighted by molar-refractivity contribution is 0.0600. The molecule has 7 heteroatoms. The molecule has 5 rings (SSSR count). The molecule has 0 saturated heterocycles. The van der Waals surface area contributed by atoms with Crippen molar-refractivity contribution in [3.63, 3.8) is 0 Å². The summed E-state index contributed by atoms with van der Waals surface area (Å²) in [7, 11) is 2.93. The topological polar surface area (TPSA) is 79.7 Å². The molecule has 0 saturated carbocycles. The normalized spacial score (nSPS) is 13.5. The number of aromatic nitrogens is 2. The van der Waals surface area contributed by atoms with Crippen LogP contribution >= 0.6 is 0 Å². The molecule has 0 fully saturated rings. The monoisotopic (exact) mass is 466 g/mol. The zero-order valence-electron chi connectivity index (χ0n) is 19.4. The molecule has 0 aliphatic carbocycles. The fraction of sp³-hybridized carbons (Fsp3) is 0.107. The van der Waals surface area contributed by atoms with E-state index in [1.807, 2.05) is 61.7 Å². The van der Waals surface area contributed by atoms with Crippen LogP contribution in [-0.2, 0) is 4.74 Å². The molecule has 0 atom stereocenters. The molecule has 0 radical (unpaired) electrons. The van der Waals surface area contributed by atoms with Gasteiger partial charge in [-0.15, -0.1) is 0 Å². The summed E-state index contributed by atoms with van der Waals surface area (Å²) in [4.78, 5) is 25.0. The first-order chi connectivity index (χ1) is 17.0. The first kappa shape index (κ1) is 22.2. The molecule has 7 nitrogen and oxygen atoms in total. The Morgan fingerprint density at radius 2 is 1.83 bits per heavy atom. The number of Topliss-reactive ketones (excluding diaryl/α,β-unsaturated/α-hetero) is 1. The summed E-state index contributed by atoms with van der Waals surface area (Å²) < 4.78 is 17.8. The molecule has 0 spiro atoms. The summed E-state index contributed by atoms with van der Waals surface area (Å²) in [6.07, 6.45) is 3.54. The van der Waals surface area contributed by atoms with E-state index in [0.29, 0.717) is 22.6 Å². The molecule has 1 aliphatic heterocycles. The Morgan fingerprint density at radius 3 is 2.54 bits per heavy atom. The van der Waals surface area contributed by atoms with Crippen molar-refractivity contribution >= 4 is 17.8 Å². The lowest BCUT2D eigenvalue weighted by Crippen LogP contribution is -2.03. The fourth-order valence-electron chi connectivity index (χ4n) is 4.03. The van der Waals surface area contributed by atoms with Crippen LogP contribution in [0.2, 0.25) is 0 Å². The summed E-state index contributed by atoms with van der Waals surface area (Å²) in [5.74, 6) is 0.504. The van der Waals surface area contributed by atoms with Gasteiger partial charge in [-0.1, -0.05) is 18.2 Å². The highest BCUT2D eigenvalue weighted by Gasteiger charge is 2.29. The highest BCUT2D eigenvalue weighted by atomic mass is 16.5. The van der Waals surface area contributed by atoms with E-state index in [-0.39, 0.29) is 17.1 Å². The second kappa shape index (κ2) is 8.95. The number of carbonyl (C=O) groups is 2. The number of fused-ring (bicyclic) bond motifs is 1. The van der Waals surface area contributed by atoms with Crippen LogP contribution in [0.1, 0.15) is 31.8 Å². The predicted molar refractivity (Wildman–Crippen MR) is 131 cm³/mol. The van der Waals surface area contributed by atoms with Gasteiger partial charge in [0.15, 0.2) is 5.76 Å². The zero-order chi connectivity index (χ0) is 24.5. The van der Waals surface area contributed by atoms with Crippen LogP contribution in [0.25, 0.3) is 23.0 Å². The molecular formula is C28H22N2O5. The number of ketones is 1. The van der Waals surface area contributed by atoms with Crippen LogP contribution in [-0.4, -0.2) is 35.8 Å². The number of benzene rings is 3. The molecule has 35 heavy (non-hydrogen) atoms. The maximum absolute atomic E-state index is 13.1. The summed E-state index contributed by atoms with van der Waals surface area (Å²) in [5, 5.41) is 4.82. The van der Waals surface area contributed by atoms with E-state index in [2.05, 4.69) is 0 Å². The van der Waals surface area contributed by atoms with Gasteiger partial charge in [-0.25, -0.2) is 9.48 Å². The molecular weight excluding hydrogens is 444 g/mol. The third-order valence-corrected chi connectivity index (χ3v) is 5.81. The lowest BCUT2D eigenvalue weighted by Gasteiger charge is -2.07. The van der Waals surface area contributed by atoms with Crippen molar-refractivity contribution in [1.29, 1.82) is 0 Å². The average molecular weight is 466 g/mol. The van der Waals surface area contributed by atoms with E-state index in [1.165, 1.54) is 13.2 Å². The predicted octanol–water partition coefficient (Wildman–Crippen LogP) is 5.26. The second-order valence-electron chi connectivity index (χ2n) is 8.04. The van der Waals surface area contributed by atoms with Crippen molar-refractivity contribution in [2.45, 2.75) is 6.92 Å². The van der Waals surface area contributed by atoms with Gasteiger partial charge in [0.05, 0.1) is 31.0 Å². The van der Waals surface area contributed by atoms with Gasteiger partial charge in [0.1, 0.15) is 17.2 Å². The van der Waals surface area contributed by atoms with Crippen LogP contribution in [0.15, 0.2) is 78.7 Å². The molecule has 0 unspecified atom stereocenters. The van der Waals surface area contributed by atoms with Gasteiger partial charge in [0, 0.05) is 17.3 Å². The highest BCUT2D eigenvalue weighted by molar-refractivity contribution is 6.15. The molecule has 0 N–H and O–H groups in total. The first-order valence-electron chi connectivity index (χ1n) is 10.9. The van der Waals surface area contributed by atoms with Crippen LogP contribution in [0.3, 0.4) is 0 Å². The fourth-order valence-corrected chi connectivity index (χ4v) is 4.03. The van der Waals surface area contributed by atoms with Gasteiger partial charge >= 0.3 is 5.97 Å². The molecule has 0 bridgehead atoms. The van der Waals surface area contributed by atoms with Crippen LogP contribution < -0.4 is 9.47 Å². The van der Waals surface area contributed by atoms with Crippen molar-refractivity contribution in [2.75, 3.05) is 14.2 Å². The van der Waals surface area contributed by atoms with E-state index in [9.17, 15) is 9.59 Å². The lowest BCUT2D eigenvalue weighted by atomic mass is 10.0. The van der Waals surface area contributed by atoms with Crippen LogP contribution in [0, 0.1) is 6.92 Å². The summed E-state index contributed by atoms with van der Waals surface area (Å²) in [6, 6.07) is 20.2. The number of rotatable bonds is 5. The number of esters is 1. The maximum Gasteiger partial charge on any atom is 0.337 e. The Kier molecular flexibility index (Phi) is 5.66. The third-order valence-electron chi connectivity index (χ3n) is 5.81. The minimum Gasteiger partial charge on any atom is -0.496 e. The minimum atomic E-state index is -0.515. The zero-order valence-corrected chi connectivity index (χ0v) is 19.4. The van der Waals surface area contributed by atoms with Gasteiger partial charge in [0.2, 0.25) is 5.78 Å². The second-order valence-corrected chi connectivity index (χ2v) is 8.04. The van der Waals surface area contributed by atoms with Crippen LogP contribution in [0.4, 0.5) is 0 Å². The number of methoxy groups -OCH3 is 2. The molecule has 1 aliphatic rings. The number of aryl methyl sites for hydroxylation is 1. The number of ether oxygens (including phenoxy) is 3. The number of hydrogen-bond acceptors (Lipinski definition) is 6. The Morgan fingerprint density at radius 1 is 1.03 bits per heavy atom. The third kappa shape index (κ3) is 4.08. The first-order valence-corrected chi connectivity index (χ1v) is 10.9. The van der Waals surface area contributed by atoms with Crippen molar-refractivity contribution in [2.24, 2.45) is 0 Å². The van der Waals surface area contributed by atoms with Gasteiger partial charge in [-0.05, 0) is 67.1 Å². The number of hydrogen-bond donors (Lipinski definition) is 0. The maximum atomic E-state index is 13.1. The number of para-hydroxylation sites is 1. The Balaban J connectivity index is 1.59. The Bertz CT molecular complexity index is 1480. The Hall–Kier alpha value is -4.65. The SMILES string of the molecule is COC(=O)c1ccc2c(c1)C(=O)/C(=C/c1cn(-c3ccccc3)nc1-c1ccc(OC)c(C)c1)O2. The largest absolute Gasteiger partial charge is 0.496 e.